The molecule has 1 atom stereocenters. The maximum Gasteiger partial charge on any atom is 0.321 e. The maximum atomic E-state index is 12.2. The van der Waals surface area contributed by atoms with E-state index in [0.29, 0.717) is 11.0 Å². The van der Waals surface area contributed by atoms with Crippen molar-refractivity contribution < 1.29 is 4.79 Å². The second-order valence-electron chi connectivity index (χ2n) is 5.29. The molecule has 0 spiro atoms. The number of benzene rings is 1. The Morgan fingerprint density at radius 3 is 2.88 bits per heavy atom. The molecule has 120 valence electrons. The summed E-state index contributed by atoms with van der Waals surface area (Å²) < 4.78 is 2.88. The second-order valence-corrected chi connectivity index (χ2v) is 6.32. The van der Waals surface area contributed by atoms with Crippen molar-refractivity contribution in [1.29, 1.82) is 0 Å². The Morgan fingerprint density at radius 2 is 2.00 bits per heavy atom. The monoisotopic (exact) mass is 338 g/mol. The van der Waals surface area contributed by atoms with Gasteiger partial charge in [-0.25, -0.2) is 9.78 Å². The summed E-state index contributed by atoms with van der Waals surface area (Å²) in [5.41, 5.74) is 1.61. The van der Waals surface area contributed by atoms with E-state index in [2.05, 4.69) is 25.8 Å². The Bertz CT molecular complexity index is 990. The van der Waals surface area contributed by atoms with Gasteiger partial charge in [0.15, 0.2) is 16.6 Å². The molecule has 0 aliphatic carbocycles. The number of urea groups is 1. The summed E-state index contributed by atoms with van der Waals surface area (Å²) in [7, 11) is 0. The van der Waals surface area contributed by atoms with Gasteiger partial charge in [0.1, 0.15) is 0 Å². The second kappa shape index (κ2) is 5.89. The van der Waals surface area contributed by atoms with Crippen LogP contribution in [0, 0.1) is 0 Å². The number of hydrogen-bond acceptors (Lipinski definition) is 5. The average Bonchev–Trinajstić information content (AvgIpc) is 3.17. The number of anilines is 1. The summed E-state index contributed by atoms with van der Waals surface area (Å²) in [5, 5.41) is 14.4. The highest BCUT2D eigenvalue weighted by Gasteiger charge is 2.16. The number of amides is 2. The molecule has 7 nitrogen and oxygen atoms in total. The van der Waals surface area contributed by atoms with Crippen LogP contribution in [0.2, 0.25) is 0 Å². The number of aromatic nitrogens is 4. The van der Waals surface area contributed by atoms with Crippen molar-refractivity contribution in [2.75, 3.05) is 5.32 Å². The van der Waals surface area contributed by atoms with Crippen LogP contribution in [0.15, 0.2) is 48.7 Å². The van der Waals surface area contributed by atoms with Crippen LogP contribution >= 0.6 is 11.3 Å². The maximum absolute atomic E-state index is 12.2. The van der Waals surface area contributed by atoms with Gasteiger partial charge in [0.05, 0.1) is 16.3 Å². The molecule has 24 heavy (non-hydrogen) atoms. The Labute approximate surface area is 141 Å². The molecule has 4 aromatic rings. The lowest BCUT2D eigenvalue weighted by Crippen LogP contribution is -2.32. The fourth-order valence-corrected chi connectivity index (χ4v) is 3.34. The summed E-state index contributed by atoms with van der Waals surface area (Å²) >= 11 is 1.44. The van der Waals surface area contributed by atoms with Crippen LogP contribution in [0.4, 0.5) is 9.93 Å². The number of thiazole rings is 1. The first-order valence-electron chi connectivity index (χ1n) is 7.43. The summed E-state index contributed by atoms with van der Waals surface area (Å²) in [4.78, 5) is 16.6. The zero-order chi connectivity index (χ0) is 16.5. The lowest BCUT2D eigenvalue weighted by molar-refractivity contribution is 0.249. The van der Waals surface area contributed by atoms with Crippen LogP contribution in [0.5, 0.6) is 0 Å². The van der Waals surface area contributed by atoms with Gasteiger partial charge >= 0.3 is 6.03 Å². The first-order valence-corrected chi connectivity index (χ1v) is 8.25. The number of pyridine rings is 1. The van der Waals surface area contributed by atoms with Crippen molar-refractivity contribution in [2.45, 2.75) is 13.0 Å². The highest BCUT2D eigenvalue weighted by Crippen LogP contribution is 2.25. The minimum absolute atomic E-state index is 0.295. The van der Waals surface area contributed by atoms with E-state index in [0.717, 1.165) is 15.9 Å². The number of carbonyl (C=O) groups is 1. The molecule has 1 aromatic carbocycles. The van der Waals surface area contributed by atoms with Gasteiger partial charge < -0.3 is 5.32 Å². The number of para-hydroxylation sites is 1. The van der Waals surface area contributed by atoms with Gasteiger partial charge in [0.2, 0.25) is 0 Å². The van der Waals surface area contributed by atoms with E-state index in [9.17, 15) is 4.79 Å². The first-order chi connectivity index (χ1) is 11.7. The standard InChI is InChI=1S/C16H14N6OS/c1-10(14-21-20-13-8-4-5-9-22(13)14)17-15(23)19-16-18-11-6-2-3-7-12(11)24-16/h2-10H,1H3,(H2,17,18,19,23). The molecule has 1 unspecified atom stereocenters. The van der Waals surface area contributed by atoms with Crippen LogP contribution in [0.3, 0.4) is 0 Å². The molecule has 0 saturated heterocycles. The van der Waals surface area contributed by atoms with Crippen LogP contribution < -0.4 is 10.6 Å². The SMILES string of the molecule is CC(NC(=O)Nc1nc2ccccc2s1)c1nnc2ccccn12. The van der Waals surface area contributed by atoms with Crippen molar-refractivity contribution in [2.24, 2.45) is 0 Å². The number of nitrogens with one attached hydrogen (secondary N) is 2. The molecule has 0 aliphatic heterocycles. The molecule has 0 saturated carbocycles. The van der Waals surface area contributed by atoms with Gasteiger partial charge in [-0.3, -0.25) is 9.72 Å². The van der Waals surface area contributed by atoms with E-state index in [1.54, 1.807) is 0 Å². The Hall–Kier alpha value is -3.00. The largest absolute Gasteiger partial charge is 0.328 e. The van der Waals surface area contributed by atoms with E-state index in [4.69, 9.17) is 0 Å². The minimum atomic E-state index is -0.325. The number of hydrogen-bond donors (Lipinski definition) is 2. The van der Waals surface area contributed by atoms with Gasteiger partial charge in [-0.2, -0.15) is 0 Å². The molecule has 3 aromatic heterocycles. The van der Waals surface area contributed by atoms with Crippen LogP contribution in [-0.4, -0.2) is 25.6 Å². The topological polar surface area (TPSA) is 84.2 Å². The molecule has 0 radical (unpaired) electrons. The fourth-order valence-electron chi connectivity index (χ4n) is 2.48. The summed E-state index contributed by atoms with van der Waals surface area (Å²) in [6.45, 7) is 1.86. The van der Waals surface area contributed by atoms with Gasteiger partial charge in [0, 0.05) is 6.20 Å². The average molecular weight is 338 g/mol. The van der Waals surface area contributed by atoms with Crippen LogP contribution in [-0.2, 0) is 0 Å². The van der Waals surface area contributed by atoms with E-state index in [1.165, 1.54) is 11.3 Å². The number of nitrogens with zero attached hydrogens (tertiary/aromatic N) is 4. The van der Waals surface area contributed by atoms with Gasteiger partial charge in [-0.15, -0.1) is 10.2 Å². The van der Waals surface area contributed by atoms with E-state index < -0.39 is 0 Å². The zero-order valence-electron chi connectivity index (χ0n) is 12.8. The third-order valence-corrected chi connectivity index (χ3v) is 4.54. The number of fused-ring (bicyclic) bond motifs is 2. The van der Waals surface area contributed by atoms with Crippen molar-refractivity contribution in [3.63, 3.8) is 0 Å². The van der Waals surface area contributed by atoms with Crippen LogP contribution in [0.25, 0.3) is 15.9 Å². The van der Waals surface area contributed by atoms with Gasteiger partial charge in [-0.05, 0) is 31.2 Å². The normalized spacial score (nSPS) is 12.4. The third kappa shape index (κ3) is 2.67. The summed E-state index contributed by atoms with van der Waals surface area (Å²) in [6, 6.07) is 12.8. The van der Waals surface area contributed by atoms with Crippen molar-refractivity contribution in [3.8, 4) is 0 Å². The molecular formula is C16H14N6OS. The first kappa shape index (κ1) is 14.6. The number of carbonyl (C=O) groups excluding carboxylic acids is 1. The fraction of sp³-hybridized carbons (Fsp3) is 0.125. The van der Waals surface area contributed by atoms with Crippen molar-refractivity contribution >= 4 is 38.4 Å². The lowest BCUT2D eigenvalue weighted by atomic mass is 10.3. The molecule has 2 N–H and O–H groups in total. The smallest absolute Gasteiger partial charge is 0.321 e. The molecule has 8 heteroatoms. The third-order valence-electron chi connectivity index (χ3n) is 3.59. The number of rotatable bonds is 3. The van der Waals surface area contributed by atoms with Crippen LogP contribution in [0.1, 0.15) is 18.8 Å². The predicted octanol–water partition coefficient (Wildman–Crippen LogP) is 3.22. The predicted molar refractivity (Wildman–Crippen MR) is 93.2 cm³/mol. The summed E-state index contributed by atoms with van der Waals surface area (Å²) in [5.74, 6) is 0.671. The van der Waals surface area contributed by atoms with Crippen molar-refractivity contribution in [3.05, 3.63) is 54.5 Å². The molecule has 2 amide bonds. The Kier molecular flexibility index (Phi) is 3.58. The molecule has 3 heterocycles. The minimum Gasteiger partial charge on any atom is -0.328 e. The van der Waals surface area contributed by atoms with Crippen molar-refractivity contribution in [1.82, 2.24) is 24.9 Å². The van der Waals surface area contributed by atoms with E-state index >= 15 is 0 Å². The lowest BCUT2D eigenvalue weighted by Gasteiger charge is -2.12. The van der Waals surface area contributed by atoms with E-state index in [1.807, 2.05) is 60.0 Å². The molecular weight excluding hydrogens is 324 g/mol. The molecule has 0 fully saturated rings. The van der Waals surface area contributed by atoms with Gasteiger partial charge in [0.25, 0.3) is 0 Å². The highest BCUT2D eigenvalue weighted by atomic mass is 32.1. The zero-order valence-corrected chi connectivity index (χ0v) is 13.6. The quantitative estimate of drug-likeness (QED) is 0.601. The van der Waals surface area contributed by atoms with E-state index in [-0.39, 0.29) is 12.1 Å². The summed E-state index contributed by atoms with van der Waals surface area (Å²) in [6.07, 6.45) is 1.87. The molecule has 0 bridgehead atoms. The Morgan fingerprint density at radius 1 is 1.17 bits per heavy atom. The van der Waals surface area contributed by atoms with Gasteiger partial charge in [-0.1, -0.05) is 29.5 Å². The Balaban J connectivity index is 1.49. The molecule has 4 rings (SSSR count). The molecule has 0 aliphatic rings. The highest BCUT2D eigenvalue weighted by molar-refractivity contribution is 7.22.